The summed E-state index contributed by atoms with van der Waals surface area (Å²) in [6.07, 6.45) is 0. The van der Waals surface area contributed by atoms with Crippen LogP contribution in [0.4, 0.5) is 4.39 Å². The fourth-order valence-corrected chi connectivity index (χ4v) is 3.87. The van der Waals surface area contributed by atoms with E-state index in [0.29, 0.717) is 6.61 Å². The molecule has 0 amide bonds. The molecular weight excluding hydrogens is 387 g/mol. The Kier molecular flexibility index (Phi) is 5.22. The number of alkyl halides is 1. The Morgan fingerprint density at radius 1 is 1.15 bits per heavy atom. The zero-order valence-corrected chi connectivity index (χ0v) is 14.5. The van der Waals surface area contributed by atoms with E-state index < -0.39 is 0 Å². The summed E-state index contributed by atoms with van der Waals surface area (Å²) in [5.41, 5.74) is 3.06. The molecule has 4 heteroatoms. The number of hydrogen-bond acceptors (Lipinski definition) is 1. The standard InChI is InChI=1S/C16H15Br2FO/c1-3-20-12-5-7-14(15(17)9-12)16(18)13-6-4-11(19)8-10(13)2/h4-9,16H,3H2,1-2H3. The van der Waals surface area contributed by atoms with Gasteiger partial charge >= 0.3 is 0 Å². The molecule has 0 radical (unpaired) electrons. The lowest BCUT2D eigenvalue weighted by atomic mass is 10.0. The molecule has 0 spiro atoms. The quantitative estimate of drug-likeness (QED) is 0.590. The average Bonchev–Trinajstić information content (AvgIpc) is 2.38. The molecule has 0 fully saturated rings. The third-order valence-corrected chi connectivity index (χ3v) is 4.73. The molecule has 1 unspecified atom stereocenters. The van der Waals surface area contributed by atoms with Gasteiger partial charge in [0.25, 0.3) is 0 Å². The number of rotatable bonds is 4. The van der Waals surface area contributed by atoms with E-state index in [9.17, 15) is 4.39 Å². The highest BCUT2D eigenvalue weighted by Crippen LogP contribution is 2.38. The topological polar surface area (TPSA) is 9.23 Å². The van der Waals surface area contributed by atoms with Crippen LogP contribution in [-0.2, 0) is 0 Å². The van der Waals surface area contributed by atoms with Gasteiger partial charge in [-0.05, 0) is 54.8 Å². The molecule has 2 rings (SSSR count). The van der Waals surface area contributed by atoms with Crippen molar-refractivity contribution in [3.05, 3.63) is 63.4 Å². The van der Waals surface area contributed by atoms with Gasteiger partial charge in [0.05, 0.1) is 11.4 Å². The summed E-state index contributed by atoms with van der Waals surface area (Å²) in [7, 11) is 0. The summed E-state index contributed by atoms with van der Waals surface area (Å²) in [5.74, 6) is 0.621. The van der Waals surface area contributed by atoms with Crippen molar-refractivity contribution in [2.75, 3.05) is 6.61 Å². The van der Waals surface area contributed by atoms with E-state index in [-0.39, 0.29) is 10.6 Å². The average molecular weight is 402 g/mol. The zero-order chi connectivity index (χ0) is 14.7. The van der Waals surface area contributed by atoms with Crippen molar-refractivity contribution < 1.29 is 9.13 Å². The van der Waals surface area contributed by atoms with Crippen molar-refractivity contribution >= 4 is 31.9 Å². The number of aryl methyl sites for hydroxylation is 1. The van der Waals surface area contributed by atoms with Gasteiger partial charge in [-0.1, -0.05) is 44.0 Å². The predicted octanol–water partition coefficient (Wildman–Crippen LogP) is 5.78. The monoisotopic (exact) mass is 400 g/mol. The van der Waals surface area contributed by atoms with Crippen LogP contribution < -0.4 is 4.74 Å². The molecule has 0 heterocycles. The van der Waals surface area contributed by atoms with Crippen LogP contribution in [0, 0.1) is 12.7 Å². The van der Waals surface area contributed by atoms with Gasteiger partial charge in [0.2, 0.25) is 0 Å². The first kappa shape index (κ1) is 15.5. The molecule has 1 nitrogen and oxygen atoms in total. The van der Waals surface area contributed by atoms with Crippen molar-refractivity contribution in [3.8, 4) is 5.75 Å². The minimum atomic E-state index is -0.211. The zero-order valence-electron chi connectivity index (χ0n) is 11.3. The highest BCUT2D eigenvalue weighted by atomic mass is 79.9. The third kappa shape index (κ3) is 3.41. The number of hydrogen-bond donors (Lipinski definition) is 0. The normalized spacial score (nSPS) is 12.2. The smallest absolute Gasteiger partial charge is 0.123 e. The van der Waals surface area contributed by atoms with Gasteiger partial charge in [-0.15, -0.1) is 0 Å². The van der Waals surface area contributed by atoms with Crippen LogP contribution in [0.3, 0.4) is 0 Å². The lowest BCUT2D eigenvalue weighted by Gasteiger charge is -2.16. The minimum absolute atomic E-state index is 0.00755. The van der Waals surface area contributed by atoms with E-state index in [4.69, 9.17) is 4.74 Å². The molecule has 20 heavy (non-hydrogen) atoms. The van der Waals surface area contributed by atoms with Gasteiger partial charge in [0.15, 0.2) is 0 Å². The second kappa shape index (κ2) is 6.72. The van der Waals surface area contributed by atoms with Crippen LogP contribution in [0.2, 0.25) is 0 Å². The van der Waals surface area contributed by atoms with E-state index in [0.717, 1.165) is 26.9 Å². The summed E-state index contributed by atoms with van der Waals surface area (Å²) in [5, 5.41) is 0. The third-order valence-electron chi connectivity index (χ3n) is 3.06. The minimum Gasteiger partial charge on any atom is -0.494 e. The molecule has 0 aliphatic carbocycles. The maximum atomic E-state index is 13.2. The number of halogens is 3. The fourth-order valence-electron chi connectivity index (χ4n) is 2.06. The van der Waals surface area contributed by atoms with Gasteiger partial charge in [-0.25, -0.2) is 4.39 Å². The van der Waals surface area contributed by atoms with Crippen molar-refractivity contribution in [1.29, 1.82) is 0 Å². The Morgan fingerprint density at radius 2 is 1.85 bits per heavy atom. The molecule has 1 atom stereocenters. The fraction of sp³-hybridized carbons (Fsp3) is 0.250. The van der Waals surface area contributed by atoms with Crippen LogP contribution in [0.15, 0.2) is 40.9 Å². The van der Waals surface area contributed by atoms with Gasteiger partial charge in [0.1, 0.15) is 11.6 Å². The molecule has 0 saturated heterocycles. The summed E-state index contributed by atoms with van der Waals surface area (Å²) < 4.78 is 19.6. The van der Waals surface area contributed by atoms with E-state index in [1.54, 1.807) is 6.07 Å². The van der Waals surface area contributed by atoms with Gasteiger partial charge in [-0.3, -0.25) is 0 Å². The summed E-state index contributed by atoms with van der Waals surface area (Å²) in [4.78, 5) is 0.00755. The highest BCUT2D eigenvalue weighted by molar-refractivity contribution is 9.11. The van der Waals surface area contributed by atoms with E-state index >= 15 is 0 Å². The van der Waals surface area contributed by atoms with Crippen LogP contribution in [-0.4, -0.2) is 6.61 Å². The largest absolute Gasteiger partial charge is 0.494 e. The molecule has 0 bridgehead atoms. The lowest BCUT2D eigenvalue weighted by molar-refractivity contribution is 0.340. The van der Waals surface area contributed by atoms with Gasteiger partial charge in [0, 0.05) is 4.47 Å². The Balaban J connectivity index is 2.35. The number of ether oxygens (including phenoxy) is 1. The molecule has 0 aliphatic rings. The Labute approximate surface area is 135 Å². The molecule has 0 aromatic heterocycles. The first-order chi connectivity index (χ1) is 9.52. The summed E-state index contributed by atoms with van der Waals surface area (Å²) in [6, 6.07) is 10.7. The van der Waals surface area contributed by atoms with Crippen molar-refractivity contribution in [1.82, 2.24) is 0 Å². The van der Waals surface area contributed by atoms with Gasteiger partial charge in [-0.2, -0.15) is 0 Å². The summed E-state index contributed by atoms with van der Waals surface area (Å²) >= 11 is 7.26. The highest BCUT2D eigenvalue weighted by Gasteiger charge is 2.16. The van der Waals surface area contributed by atoms with Crippen LogP contribution >= 0.6 is 31.9 Å². The molecule has 0 N–H and O–H groups in total. The molecule has 2 aromatic carbocycles. The SMILES string of the molecule is CCOc1ccc(C(Br)c2ccc(F)cc2C)c(Br)c1. The lowest BCUT2D eigenvalue weighted by Crippen LogP contribution is -1.99. The molecular formula is C16H15Br2FO. The molecule has 106 valence electrons. The predicted molar refractivity (Wildman–Crippen MR) is 87.2 cm³/mol. The first-order valence-electron chi connectivity index (χ1n) is 6.35. The van der Waals surface area contributed by atoms with Gasteiger partial charge < -0.3 is 4.74 Å². The Morgan fingerprint density at radius 3 is 2.45 bits per heavy atom. The number of benzene rings is 2. The van der Waals surface area contributed by atoms with Crippen LogP contribution in [0.25, 0.3) is 0 Å². The molecule has 0 saturated carbocycles. The van der Waals surface area contributed by atoms with Crippen LogP contribution in [0.1, 0.15) is 28.4 Å². The van der Waals surface area contributed by atoms with Crippen molar-refractivity contribution in [2.24, 2.45) is 0 Å². The van der Waals surface area contributed by atoms with Crippen LogP contribution in [0.5, 0.6) is 5.75 Å². The first-order valence-corrected chi connectivity index (χ1v) is 8.06. The molecule has 0 aliphatic heterocycles. The maximum absolute atomic E-state index is 13.2. The second-order valence-electron chi connectivity index (χ2n) is 4.48. The maximum Gasteiger partial charge on any atom is 0.123 e. The van der Waals surface area contributed by atoms with E-state index in [2.05, 4.69) is 31.9 Å². The Bertz CT molecular complexity index is 613. The summed E-state index contributed by atoms with van der Waals surface area (Å²) in [6.45, 7) is 4.51. The second-order valence-corrected chi connectivity index (χ2v) is 6.25. The molecule has 2 aromatic rings. The van der Waals surface area contributed by atoms with E-state index in [1.807, 2.05) is 38.1 Å². The van der Waals surface area contributed by atoms with Crippen molar-refractivity contribution in [3.63, 3.8) is 0 Å². The van der Waals surface area contributed by atoms with E-state index in [1.165, 1.54) is 6.07 Å². The Hall–Kier alpha value is -0.870. The van der Waals surface area contributed by atoms with Crippen molar-refractivity contribution in [2.45, 2.75) is 18.7 Å².